The molecule has 0 aromatic heterocycles. The van der Waals surface area contributed by atoms with Gasteiger partial charge in [-0.3, -0.25) is 0 Å². The number of hydrogen-bond acceptors (Lipinski definition) is 6. The van der Waals surface area contributed by atoms with E-state index in [4.69, 9.17) is 10.5 Å². The lowest BCUT2D eigenvalue weighted by atomic mass is 10.7. The molecule has 0 rings (SSSR count). The molecule has 0 fully saturated rings. The van der Waals surface area contributed by atoms with Gasteiger partial charge in [0.2, 0.25) is 0 Å². The summed E-state index contributed by atoms with van der Waals surface area (Å²) in [5, 5.41) is 0. The van der Waals surface area contributed by atoms with Crippen LogP contribution in [-0.2, 0) is 24.1 Å². The summed E-state index contributed by atoms with van der Waals surface area (Å²) >= 11 is 0. The highest BCUT2D eigenvalue weighted by Gasteiger charge is 2.17. The quantitative estimate of drug-likeness (QED) is 0.352. The highest BCUT2D eigenvalue weighted by atomic mass is 32.2. The Morgan fingerprint density at radius 3 is 2.38 bits per heavy atom. The molecule has 0 spiro atoms. The van der Waals surface area contributed by atoms with Crippen molar-refractivity contribution in [2.75, 3.05) is 19.0 Å². The molecular weight excluding hydrogens is 198 g/mol. The minimum Gasteiger partial charge on any atom is -0.363 e. The van der Waals surface area contributed by atoms with Crippen molar-refractivity contribution < 1.29 is 22.4 Å². The number of nitrogens with two attached hydrogens (primary N) is 1. The van der Waals surface area contributed by atoms with Gasteiger partial charge in [-0.1, -0.05) is 0 Å². The molecule has 0 aliphatic rings. The summed E-state index contributed by atoms with van der Waals surface area (Å²) in [7, 11) is -3.74. The van der Waals surface area contributed by atoms with Crippen molar-refractivity contribution in [3.8, 4) is 0 Å². The van der Waals surface area contributed by atoms with Gasteiger partial charge in [0.25, 0.3) is 10.1 Å². The average Bonchev–Trinajstić information content (AvgIpc) is 2.00. The van der Waals surface area contributed by atoms with Crippen LogP contribution in [0.2, 0.25) is 0 Å². The fourth-order valence-electron chi connectivity index (χ4n) is 0.613. The highest BCUT2D eigenvalue weighted by molar-refractivity contribution is 7.86. The van der Waals surface area contributed by atoms with Crippen LogP contribution in [-0.4, -0.2) is 33.6 Å². The Kier molecular flexibility index (Phi) is 6.17. The Morgan fingerprint density at radius 2 is 1.92 bits per heavy atom. The number of hydrogen-bond donors (Lipinski definition) is 1. The van der Waals surface area contributed by atoms with Gasteiger partial charge in [-0.15, -0.1) is 4.33 Å². The molecule has 0 radical (unpaired) electrons. The van der Waals surface area contributed by atoms with Gasteiger partial charge >= 0.3 is 0 Å². The first kappa shape index (κ1) is 12.8. The first-order valence-electron chi connectivity index (χ1n) is 3.92. The molecule has 6 nitrogen and oxygen atoms in total. The molecule has 7 heteroatoms. The topological polar surface area (TPSA) is 87.9 Å². The average molecular weight is 213 g/mol. The fraction of sp³-hybridized carbons (Fsp3) is 1.00. The molecule has 0 bridgehead atoms. The third kappa shape index (κ3) is 6.91. The van der Waals surface area contributed by atoms with E-state index in [-0.39, 0.29) is 6.61 Å². The molecule has 1 unspecified atom stereocenters. The van der Waals surface area contributed by atoms with Gasteiger partial charge < -0.3 is 10.5 Å². The van der Waals surface area contributed by atoms with Crippen molar-refractivity contribution in [3.63, 3.8) is 0 Å². The van der Waals surface area contributed by atoms with E-state index in [2.05, 4.69) is 9.22 Å². The van der Waals surface area contributed by atoms with Crippen LogP contribution in [0.25, 0.3) is 0 Å². The lowest BCUT2D eigenvalue weighted by molar-refractivity contribution is -0.197. The van der Waals surface area contributed by atoms with Gasteiger partial charge in [-0.25, -0.2) is 4.89 Å². The second-order valence-electron chi connectivity index (χ2n) is 2.19. The molecule has 80 valence electrons. The van der Waals surface area contributed by atoms with Crippen LogP contribution in [0.4, 0.5) is 0 Å². The Hall–Kier alpha value is -0.210. The van der Waals surface area contributed by atoms with E-state index in [1.807, 2.05) is 0 Å². The summed E-state index contributed by atoms with van der Waals surface area (Å²) in [4.78, 5) is 4.28. The van der Waals surface area contributed by atoms with E-state index < -0.39 is 22.1 Å². The molecule has 0 aliphatic carbocycles. The minimum atomic E-state index is -3.74. The van der Waals surface area contributed by atoms with Crippen LogP contribution >= 0.6 is 0 Å². The highest BCUT2D eigenvalue weighted by Crippen LogP contribution is 1.97. The third-order valence-electron chi connectivity index (χ3n) is 1.02. The van der Waals surface area contributed by atoms with Gasteiger partial charge in [0.05, 0.1) is 6.61 Å². The Bertz CT molecular complexity index is 215. The van der Waals surface area contributed by atoms with Crippen molar-refractivity contribution >= 4 is 10.1 Å². The standard InChI is InChI=1S/C6H15NO5S/c1-3-10-6(7)5-13(8,9)12-11-4-2/h6H,3-5,7H2,1-2H3. The zero-order valence-electron chi connectivity index (χ0n) is 7.73. The van der Waals surface area contributed by atoms with Crippen molar-refractivity contribution in [2.24, 2.45) is 5.73 Å². The predicted molar refractivity (Wildman–Crippen MR) is 46.1 cm³/mol. The van der Waals surface area contributed by atoms with E-state index in [1.54, 1.807) is 13.8 Å². The molecule has 0 aliphatic heterocycles. The molecule has 0 saturated carbocycles. The summed E-state index contributed by atoms with van der Waals surface area (Å²) in [5.74, 6) is -0.416. The SMILES string of the molecule is CCOOS(=O)(=O)CC(N)OCC. The first-order valence-corrected chi connectivity index (χ1v) is 5.50. The molecule has 0 amide bonds. The van der Waals surface area contributed by atoms with Crippen LogP contribution in [0, 0.1) is 0 Å². The zero-order chi connectivity index (χ0) is 10.3. The van der Waals surface area contributed by atoms with Gasteiger partial charge in [-0.05, 0) is 13.8 Å². The third-order valence-corrected chi connectivity index (χ3v) is 2.06. The Balaban J connectivity index is 3.87. The van der Waals surface area contributed by atoms with E-state index in [9.17, 15) is 8.42 Å². The van der Waals surface area contributed by atoms with Gasteiger partial charge in [0, 0.05) is 6.61 Å². The normalized spacial score (nSPS) is 14.4. The summed E-state index contributed by atoms with van der Waals surface area (Å²) in [6.07, 6.45) is -0.879. The number of rotatable bonds is 7. The summed E-state index contributed by atoms with van der Waals surface area (Å²) in [6, 6.07) is 0. The smallest absolute Gasteiger partial charge is 0.297 e. The van der Waals surface area contributed by atoms with Gasteiger partial charge in [0.15, 0.2) is 0 Å². The van der Waals surface area contributed by atoms with E-state index >= 15 is 0 Å². The number of ether oxygens (including phenoxy) is 1. The van der Waals surface area contributed by atoms with Crippen molar-refractivity contribution in [2.45, 2.75) is 20.1 Å². The van der Waals surface area contributed by atoms with Crippen LogP contribution in [0.15, 0.2) is 0 Å². The van der Waals surface area contributed by atoms with Crippen LogP contribution in [0.5, 0.6) is 0 Å². The lowest BCUT2D eigenvalue weighted by Gasteiger charge is -2.10. The molecule has 13 heavy (non-hydrogen) atoms. The second-order valence-corrected chi connectivity index (χ2v) is 3.78. The molecule has 2 N–H and O–H groups in total. The first-order chi connectivity index (χ1) is 6.02. The maximum Gasteiger partial charge on any atom is 0.297 e. The van der Waals surface area contributed by atoms with Crippen molar-refractivity contribution in [1.82, 2.24) is 0 Å². The Labute approximate surface area is 78.0 Å². The molecule has 0 saturated heterocycles. The monoisotopic (exact) mass is 213 g/mol. The van der Waals surface area contributed by atoms with Gasteiger partial charge in [0.1, 0.15) is 12.0 Å². The van der Waals surface area contributed by atoms with E-state index in [1.165, 1.54) is 0 Å². The summed E-state index contributed by atoms with van der Waals surface area (Å²) in [6.45, 7) is 3.84. The summed E-state index contributed by atoms with van der Waals surface area (Å²) < 4.78 is 30.9. The lowest BCUT2D eigenvalue weighted by Crippen LogP contribution is -2.33. The van der Waals surface area contributed by atoms with Gasteiger partial charge in [-0.2, -0.15) is 8.42 Å². The second kappa shape index (κ2) is 6.28. The molecule has 0 heterocycles. The van der Waals surface area contributed by atoms with E-state index in [0.29, 0.717) is 6.61 Å². The van der Waals surface area contributed by atoms with Crippen molar-refractivity contribution in [3.05, 3.63) is 0 Å². The zero-order valence-corrected chi connectivity index (χ0v) is 8.54. The summed E-state index contributed by atoms with van der Waals surface area (Å²) in [5.41, 5.74) is 5.31. The largest absolute Gasteiger partial charge is 0.363 e. The predicted octanol–water partition coefficient (Wildman–Crippen LogP) is -0.394. The molecule has 1 atom stereocenters. The van der Waals surface area contributed by atoms with Crippen molar-refractivity contribution in [1.29, 1.82) is 0 Å². The van der Waals surface area contributed by atoms with Crippen LogP contribution < -0.4 is 5.73 Å². The Morgan fingerprint density at radius 1 is 1.31 bits per heavy atom. The maximum absolute atomic E-state index is 11.0. The molecule has 0 aromatic rings. The van der Waals surface area contributed by atoms with Crippen LogP contribution in [0.3, 0.4) is 0 Å². The molecular formula is C6H15NO5S. The van der Waals surface area contributed by atoms with Crippen LogP contribution in [0.1, 0.15) is 13.8 Å². The minimum absolute atomic E-state index is 0.156. The fourth-order valence-corrected chi connectivity index (χ4v) is 1.41. The molecule has 0 aromatic carbocycles. The van der Waals surface area contributed by atoms with E-state index in [0.717, 1.165) is 0 Å². The maximum atomic E-state index is 11.0.